The summed E-state index contributed by atoms with van der Waals surface area (Å²) in [6.45, 7) is 0.337. The van der Waals surface area contributed by atoms with Crippen molar-refractivity contribution >= 4 is 20.9 Å². The fraction of sp³-hybridized carbons (Fsp3) is 0.167. The van der Waals surface area contributed by atoms with E-state index in [4.69, 9.17) is 5.26 Å². The summed E-state index contributed by atoms with van der Waals surface area (Å²) in [7, 11) is -2.15. The summed E-state index contributed by atoms with van der Waals surface area (Å²) in [6, 6.07) is 16.1. The molecule has 0 amide bonds. The Bertz CT molecular complexity index is 1020. The van der Waals surface area contributed by atoms with E-state index in [9.17, 15) is 8.42 Å². The topological polar surface area (TPSA) is 77.0 Å². The number of aromatic amines is 1. The van der Waals surface area contributed by atoms with E-state index in [0.717, 1.165) is 16.5 Å². The average molecular weight is 339 g/mol. The Balaban J connectivity index is 1.82. The van der Waals surface area contributed by atoms with Gasteiger partial charge in [0, 0.05) is 30.7 Å². The Morgan fingerprint density at radius 3 is 2.62 bits per heavy atom. The normalized spacial score (nSPS) is 11.7. The largest absolute Gasteiger partial charge is 0.361 e. The van der Waals surface area contributed by atoms with Crippen molar-refractivity contribution in [2.75, 3.05) is 13.6 Å². The third-order valence-electron chi connectivity index (χ3n) is 4.07. The van der Waals surface area contributed by atoms with Crippen LogP contribution in [0.25, 0.3) is 10.9 Å². The number of hydrogen-bond donors (Lipinski definition) is 1. The Morgan fingerprint density at radius 2 is 1.83 bits per heavy atom. The van der Waals surface area contributed by atoms with E-state index in [-0.39, 0.29) is 10.5 Å². The molecule has 0 saturated heterocycles. The molecule has 6 heteroatoms. The first-order valence-corrected chi connectivity index (χ1v) is 8.98. The molecule has 3 rings (SSSR count). The molecule has 0 aliphatic carbocycles. The van der Waals surface area contributed by atoms with Crippen LogP contribution in [0.2, 0.25) is 0 Å². The fourth-order valence-corrected chi connectivity index (χ4v) is 4.00. The molecule has 2 aromatic carbocycles. The first-order valence-electron chi connectivity index (χ1n) is 7.54. The summed E-state index contributed by atoms with van der Waals surface area (Å²) in [5.74, 6) is 0. The van der Waals surface area contributed by atoms with Crippen molar-refractivity contribution in [3.63, 3.8) is 0 Å². The summed E-state index contributed by atoms with van der Waals surface area (Å²) in [6.07, 6.45) is 2.50. The number of hydrogen-bond acceptors (Lipinski definition) is 3. The second-order valence-corrected chi connectivity index (χ2v) is 7.56. The van der Waals surface area contributed by atoms with Crippen LogP contribution in [0.3, 0.4) is 0 Å². The maximum absolute atomic E-state index is 12.7. The van der Waals surface area contributed by atoms with E-state index in [2.05, 4.69) is 4.98 Å². The highest BCUT2D eigenvalue weighted by atomic mass is 32.2. The van der Waals surface area contributed by atoms with Gasteiger partial charge < -0.3 is 4.98 Å². The van der Waals surface area contributed by atoms with Gasteiger partial charge in [-0.25, -0.2) is 12.7 Å². The van der Waals surface area contributed by atoms with Crippen LogP contribution in [0, 0.1) is 11.3 Å². The van der Waals surface area contributed by atoms with Crippen LogP contribution in [-0.2, 0) is 16.4 Å². The van der Waals surface area contributed by atoms with Gasteiger partial charge in [0.15, 0.2) is 0 Å². The summed E-state index contributed by atoms with van der Waals surface area (Å²) in [5, 5.41) is 10.2. The van der Waals surface area contributed by atoms with Crippen molar-refractivity contribution in [2.45, 2.75) is 11.3 Å². The fourth-order valence-electron chi connectivity index (χ4n) is 2.69. The van der Waals surface area contributed by atoms with Crippen molar-refractivity contribution in [3.05, 3.63) is 65.9 Å². The molecule has 0 atom stereocenters. The van der Waals surface area contributed by atoms with Gasteiger partial charge in [-0.3, -0.25) is 0 Å². The van der Waals surface area contributed by atoms with Crippen molar-refractivity contribution in [3.8, 4) is 6.07 Å². The lowest BCUT2D eigenvalue weighted by Crippen LogP contribution is -2.29. The van der Waals surface area contributed by atoms with Crippen LogP contribution in [0.4, 0.5) is 0 Å². The number of para-hydroxylation sites is 1. The van der Waals surface area contributed by atoms with Gasteiger partial charge in [0.25, 0.3) is 0 Å². The van der Waals surface area contributed by atoms with Crippen LogP contribution < -0.4 is 0 Å². The number of nitrogens with zero attached hydrogens (tertiary/aromatic N) is 2. The molecule has 1 N–H and O–H groups in total. The van der Waals surface area contributed by atoms with Gasteiger partial charge in [-0.05, 0) is 30.2 Å². The number of aromatic nitrogens is 1. The second-order valence-electron chi connectivity index (χ2n) is 5.54. The van der Waals surface area contributed by atoms with Crippen molar-refractivity contribution in [1.82, 2.24) is 9.29 Å². The Hall–Kier alpha value is -2.62. The van der Waals surface area contributed by atoms with Crippen LogP contribution in [-0.4, -0.2) is 31.3 Å². The highest BCUT2D eigenvalue weighted by Crippen LogP contribution is 2.21. The van der Waals surface area contributed by atoms with Gasteiger partial charge in [0.1, 0.15) is 6.07 Å². The molecule has 0 bridgehead atoms. The van der Waals surface area contributed by atoms with Crippen LogP contribution >= 0.6 is 0 Å². The van der Waals surface area contributed by atoms with E-state index >= 15 is 0 Å². The van der Waals surface area contributed by atoms with Crippen molar-refractivity contribution in [2.24, 2.45) is 0 Å². The predicted molar refractivity (Wildman–Crippen MR) is 93.0 cm³/mol. The number of sulfonamides is 1. The molecule has 0 unspecified atom stereocenters. The maximum atomic E-state index is 12.7. The van der Waals surface area contributed by atoms with Gasteiger partial charge in [-0.2, -0.15) is 5.26 Å². The molecule has 0 aliphatic rings. The average Bonchev–Trinajstić information content (AvgIpc) is 3.02. The third kappa shape index (κ3) is 2.92. The second kappa shape index (κ2) is 6.48. The molecular weight excluding hydrogens is 322 g/mol. The first kappa shape index (κ1) is 16.2. The van der Waals surface area contributed by atoms with E-state index in [0.29, 0.717) is 13.0 Å². The molecule has 1 aromatic heterocycles. The molecule has 0 radical (unpaired) electrons. The molecule has 0 spiro atoms. The van der Waals surface area contributed by atoms with Crippen LogP contribution in [0.15, 0.2) is 59.6 Å². The lowest BCUT2D eigenvalue weighted by molar-refractivity contribution is 0.473. The summed E-state index contributed by atoms with van der Waals surface area (Å²) in [5.41, 5.74) is 2.27. The minimum atomic E-state index is -3.69. The predicted octanol–water partition coefficient (Wildman–Crippen LogP) is 2.90. The Kier molecular flexibility index (Phi) is 4.38. The molecule has 1 heterocycles. The molecule has 3 aromatic rings. The number of benzene rings is 2. The van der Waals surface area contributed by atoms with E-state index in [1.807, 2.05) is 36.5 Å². The zero-order chi connectivity index (χ0) is 17.2. The molecule has 24 heavy (non-hydrogen) atoms. The first-order chi connectivity index (χ1) is 11.5. The standard InChI is InChI=1S/C18H17N3O2S/c1-21(24(22,23)18-9-5-2-6-14(18)12-19)11-10-15-13-20-17-8-4-3-7-16(15)17/h2-9,13,20H,10-11H2,1H3. The number of fused-ring (bicyclic) bond motifs is 1. The van der Waals surface area contributed by atoms with E-state index in [1.165, 1.54) is 16.4 Å². The number of H-pyrrole nitrogens is 1. The lowest BCUT2D eigenvalue weighted by Gasteiger charge is -2.17. The smallest absolute Gasteiger partial charge is 0.244 e. The van der Waals surface area contributed by atoms with Gasteiger partial charge >= 0.3 is 0 Å². The van der Waals surface area contributed by atoms with Gasteiger partial charge in [-0.15, -0.1) is 0 Å². The molecule has 122 valence electrons. The molecular formula is C18H17N3O2S. The monoisotopic (exact) mass is 339 g/mol. The third-order valence-corrected chi connectivity index (χ3v) is 5.98. The number of rotatable bonds is 5. The quantitative estimate of drug-likeness (QED) is 0.776. The molecule has 0 aliphatic heterocycles. The number of nitrogens with one attached hydrogen (secondary N) is 1. The summed E-state index contributed by atoms with van der Waals surface area (Å²) in [4.78, 5) is 3.24. The Morgan fingerprint density at radius 1 is 1.12 bits per heavy atom. The van der Waals surface area contributed by atoms with Gasteiger partial charge in [-0.1, -0.05) is 30.3 Å². The summed E-state index contributed by atoms with van der Waals surface area (Å²) < 4.78 is 26.7. The van der Waals surface area contributed by atoms with Crippen molar-refractivity contribution in [1.29, 1.82) is 5.26 Å². The van der Waals surface area contributed by atoms with Gasteiger partial charge in [0.05, 0.1) is 10.5 Å². The number of nitriles is 1. The van der Waals surface area contributed by atoms with Gasteiger partial charge in [0.2, 0.25) is 10.0 Å². The van der Waals surface area contributed by atoms with Crippen molar-refractivity contribution < 1.29 is 8.42 Å². The lowest BCUT2D eigenvalue weighted by atomic mass is 10.1. The molecule has 5 nitrogen and oxygen atoms in total. The minimum Gasteiger partial charge on any atom is -0.361 e. The highest BCUT2D eigenvalue weighted by molar-refractivity contribution is 7.89. The molecule has 0 saturated carbocycles. The number of likely N-dealkylation sites (N-methyl/N-ethyl adjacent to an activating group) is 1. The highest BCUT2D eigenvalue weighted by Gasteiger charge is 2.23. The minimum absolute atomic E-state index is 0.0499. The van der Waals surface area contributed by atoms with E-state index in [1.54, 1.807) is 19.2 Å². The van der Waals surface area contributed by atoms with Crippen LogP contribution in [0.1, 0.15) is 11.1 Å². The van der Waals surface area contributed by atoms with Crippen LogP contribution in [0.5, 0.6) is 0 Å². The Labute approximate surface area is 141 Å². The SMILES string of the molecule is CN(CCc1c[nH]c2ccccc12)S(=O)(=O)c1ccccc1C#N. The zero-order valence-electron chi connectivity index (χ0n) is 13.2. The molecule has 0 fully saturated rings. The van der Waals surface area contributed by atoms with E-state index < -0.39 is 10.0 Å². The summed E-state index contributed by atoms with van der Waals surface area (Å²) >= 11 is 0. The zero-order valence-corrected chi connectivity index (χ0v) is 14.0. The maximum Gasteiger partial charge on any atom is 0.244 e.